The van der Waals surface area contributed by atoms with E-state index in [1.54, 1.807) is 0 Å². The third kappa shape index (κ3) is 1.54. The fraction of sp³-hybridized carbons (Fsp3) is 0.455. The molecule has 1 aromatic rings. The number of hydrogen-bond acceptors (Lipinski definition) is 2. The van der Waals surface area contributed by atoms with Gasteiger partial charge in [-0.1, -0.05) is 18.2 Å². The van der Waals surface area contributed by atoms with Crippen LogP contribution in [0.2, 0.25) is 0 Å². The average molecular weight is 176 g/mol. The first-order chi connectivity index (χ1) is 6.29. The van der Waals surface area contributed by atoms with Crippen LogP contribution in [0.4, 0.5) is 5.69 Å². The molecule has 0 saturated carbocycles. The van der Waals surface area contributed by atoms with Crippen molar-refractivity contribution in [1.82, 2.24) is 0 Å². The summed E-state index contributed by atoms with van der Waals surface area (Å²) in [6.45, 7) is 4.41. The third-order valence-corrected chi connectivity index (χ3v) is 2.62. The number of nitrogens with zero attached hydrogens (tertiary/aromatic N) is 1. The zero-order valence-electron chi connectivity index (χ0n) is 8.03. The molecule has 0 aromatic heterocycles. The first kappa shape index (κ1) is 8.57. The molecular weight excluding hydrogens is 160 g/mol. The standard InChI is InChI=1S/C11H16N2/c1-9(12)10-5-2-3-6-11(10)13-7-4-8-13/h2-3,5-6,9H,4,7-8,12H2,1H3/t9-/m0/s1. The Labute approximate surface area is 79.4 Å². The summed E-state index contributed by atoms with van der Waals surface area (Å²) in [4.78, 5) is 2.39. The second-order valence-electron chi connectivity index (χ2n) is 3.69. The van der Waals surface area contributed by atoms with Crippen molar-refractivity contribution in [3.8, 4) is 0 Å². The summed E-state index contributed by atoms with van der Waals surface area (Å²) < 4.78 is 0. The first-order valence-corrected chi connectivity index (χ1v) is 4.88. The van der Waals surface area contributed by atoms with E-state index in [9.17, 15) is 0 Å². The Morgan fingerprint density at radius 3 is 2.54 bits per heavy atom. The summed E-state index contributed by atoms with van der Waals surface area (Å²) in [5.41, 5.74) is 8.49. The van der Waals surface area contributed by atoms with Crippen molar-refractivity contribution in [2.75, 3.05) is 18.0 Å². The van der Waals surface area contributed by atoms with E-state index < -0.39 is 0 Å². The van der Waals surface area contributed by atoms with Gasteiger partial charge in [-0.25, -0.2) is 0 Å². The van der Waals surface area contributed by atoms with E-state index in [0.29, 0.717) is 0 Å². The zero-order valence-corrected chi connectivity index (χ0v) is 8.03. The van der Waals surface area contributed by atoms with Gasteiger partial charge in [0.15, 0.2) is 0 Å². The molecule has 2 rings (SSSR count). The normalized spacial score (nSPS) is 18.2. The minimum Gasteiger partial charge on any atom is -0.371 e. The quantitative estimate of drug-likeness (QED) is 0.746. The maximum atomic E-state index is 5.90. The lowest BCUT2D eigenvalue weighted by Crippen LogP contribution is -2.38. The number of hydrogen-bond donors (Lipinski definition) is 1. The van der Waals surface area contributed by atoms with Crippen LogP contribution in [-0.4, -0.2) is 13.1 Å². The Bertz CT molecular complexity index is 290. The second kappa shape index (κ2) is 3.38. The van der Waals surface area contributed by atoms with Gasteiger partial charge in [0.05, 0.1) is 0 Å². The summed E-state index contributed by atoms with van der Waals surface area (Å²) in [5, 5.41) is 0. The number of para-hydroxylation sites is 1. The van der Waals surface area contributed by atoms with Crippen LogP contribution in [0.3, 0.4) is 0 Å². The smallest absolute Gasteiger partial charge is 0.0414 e. The average Bonchev–Trinajstić information content (AvgIpc) is 2.02. The molecule has 0 spiro atoms. The summed E-state index contributed by atoms with van der Waals surface area (Å²) in [5.74, 6) is 0. The van der Waals surface area contributed by atoms with E-state index in [0.717, 1.165) is 0 Å². The van der Waals surface area contributed by atoms with Crippen LogP contribution in [0.5, 0.6) is 0 Å². The van der Waals surface area contributed by atoms with Gasteiger partial charge in [-0.05, 0) is 25.0 Å². The molecule has 2 heteroatoms. The lowest BCUT2D eigenvalue weighted by molar-refractivity contribution is 0.611. The fourth-order valence-corrected chi connectivity index (χ4v) is 1.72. The highest BCUT2D eigenvalue weighted by molar-refractivity contribution is 5.56. The van der Waals surface area contributed by atoms with Crippen LogP contribution < -0.4 is 10.6 Å². The predicted octanol–water partition coefficient (Wildman–Crippen LogP) is 1.92. The third-order valence-electron chi connectivity index (χ3n) is 2.62. The Morgan fingerprint density at radius 2 is 2.00 bits per heavy atom. The summed E-state index contributed by atoms with van der Waals surface area (Å²) in [7, 11) is 0. The largest absolute Gasteiger partial charge is 0.371 e. The lowest BCUT2D eigenvalue weighted by atomic mass is 10.0. The van der Waals surface area contributed by atoms with Crippen LogP contribution in [-0.2, 0) is 0 Å². The molecule has 1 saturated heterocycles. The van der Waals surface area contributed by atoms with Crippen molar-refractivity contribution in [1.29, 1.82) is 0 Å². The van der Waals surface area contributed by atoms with Crippen molar-refractivity contribution >= 4 is 5.69 Å². The van der Waals surface area contributed by atoms with Gasteiger partial charge in [-0.3, -0.25) is 0 Å². The van der Waals surface area contributed by atoms with Crippen LogP contribution in [0.25, 0.3) is 0 Å². The van der Waals surface area contributed by atoms with Crippen LogP contribution >= 0.6 is 0 Å². The van der Waals surface area contributed by atoms with Crippen molar-refractivity contribution in [3.63, 3.8) is 0 Å². The molecule has 1 aromatic carbocycles. The van der Waals surface area contributed by atoms with Crippen LogP contribution in [0.1, 0.15) is 24.9 Å². The summed E-state index contributed by atoms with van der Waals surface area (Å²) >= 11 is 0. The van der Waals surface area contributed by atoms with Crippen molar-refractivity contribution < 1.29 is 0 Å². The van der Waals surface area contributed by atoms with Gasteiger partial charge in [0, 0.05) is 24.8 Å². The highest BCUT2D eigenvalue weighted by Crippen LogP contribution is 2.28. The van der Waals surface area contributed by atoms with Gasteiger partial charge >= 0.3 is 0 Å². The Hall–Kier alpha value is -1.02. The Morgan fingerprint density at radius 1 is 1.31 bits per heavy atom. The maximum absolute atomic E-state index is 5.90. The van der Waals surface area contributed by atoms with Crippen LogP contribution in [0.15, 0.2) is 24.3 Å². The number of benzene rings is 1. The van der Waals surface area contributed by atoms with Gasteiger partial charge in [-0.15, -0.1) is 0 Å². The van der Waals surface area contributed by atoms with Crippen LogP contribution in [0, 0.1) is 0 Å². The molecule has 2 N–H and O–H groups in total. The van der Waals surface area contributed by atoms with E-state index in [4.69, 9.17) is 5.73 Å². The maximum Gasteiger partial charge on any atom is 0.0414 e. The summed E-state index contributed by atoms with van der Waals surface area (Å²) in [6.07, 6.45) is 1.31. The van der Waals surface area contributed by atoms with E-state index in [2.05, 4.69) is 29.2 Å². The fourth-order valence-electron chi connectivity index (χ4n) is 1.72. The molecule has 0 bridgehead atoms. The number of nitrogens with two attached hydrogens (primary N) is 1. The lowest BCUT2D eigenvalue weighted by Gasteiger charge is -2.35. The molecule has 0 radical (unpaired) electrons. The second-order valence-corrected chi connectivity index (χ2v) is 3.69. The first-order valence-electron chi connectivity index (χ1n) is 4.88. The van der Waals surface area contributed by atoms with Gasteiger partial charge in [-0.2, -0.15) is 0 Å². The van der Waals surface area contributed by atoms with Crippen molar-refractivity contribution in [3.05, 3.63) is 29.8 Å². The van der Waals surface area contributed by atoms with Crippen molar-refractivity contribution in [2.24, 2.45) is 5.73 Å². The number of rotatable bonds is 2. The molecule has 1 aliphatic heterocycles. The van der Waals surface area contributed by atoms with Gasteiger partial charge < -0.3 is 10.6 Å². The minimum absolute atomic E-state index is 0.136. The molecule has 1 atom stereocenters. The molecule has 70 valence electrons. The monoisotopic (exact) mass is 176 g/mol. The van der Waals surface area contributed by atoms with E-state index in [-0.39, 0.29) is 6.04 Å². The molecule has 2 nitrogen and oxygen atoms in total. The highest BCUT2D eigenvalue weighted by atomic mass is 15.2. The molecule has 0 aliphatic carbocycles. The summed E-state index contributed by atoms with van der Waals surface area (Å²) in [6, 6.07) is 8.56. The van der Waals surface area contributed by atoms with Gasteiger partial charge in [0.25, 0.3) is 0 Å². The van der Waals surface area contributed by atoms with E-state index in [1.165, 1.54) is 30.8 Å². The molecule has 1 aliphatic rings. The molecular formula is C11H16N2. The van der Waals surface area contributed by atoms with E-state index in [1.807, 2.05) is 6.92 Å². The Balaban J connectivity index is 2.31. The molecule has 1 heterocycles. The molecule has 1 fully saturated rings. The predicted molar refractivity (Wildman–Crippen MR) is 55.9 cm³/mol. The SMILES string of the molecule is C[C@H](N)c1ccccc1N1CCC1. The van der Waals surface area contributed by atoms with Crippen molar-refractivity contribution in [2.45, 2.75) is 19.4 Å². The Kier molecular flexibility index (Phi) is 2.23. The molecule has 13 heavy (non-hydrogen) atoms. The molecule has 0 unspecified atom stereocenters. The zero-order chi connectivity index (χ0) is 9.26. The topological polar surface area (TPSA) is 29.3 Å². The van der Waals surface area contributed by atoms with Gasteiger partial charge in [0.2, 0.25) is 0 Å². The van der Waals surface area contributed by atoms with Gasteiger partial charge in [0.1, 0.15) is 0 Å². The molecule has 0 amide bonds. The minimum atomic E-state index is 0.136. The van der Waals surface area contributed by atoms with E-state index >= 15 is 0 Å². The highest BCUT2D eigenvalue weighted by Gasteiger charge is 2.18. The number of anilines is 1.